The van der Waals surface area contributed by atoms with Crippen molar-refractivity contribution in [1.82, 2.24) is 24.7 Å². The fourth-order valence-corrected chi connectivity index (χ4v) is 6.24. The van der Waals surface area contributed by atoms with E-state index in [1.165, 1.54) is 24.7 Å². The maximum absolute atomic E-state index is 11.8. The van der Waals surface area contributed by atoms with Crippen LogP contribution in [0.3, 0.4) is 0 Å². The van der Waals surface area contributed by atoms with Crippen molar-refractivity contribution in [1.29, 1.82) is 0 Å². The van der Waals surface area contributed by atoms with Gasteiger partial charge < -0.3 is 16.0 Å². The van der Waals surface area contributed by atoms with E-state index >= 15 is 0 Å². The number of hydrogen-bond donors (Lipinski definition) is 2. The van der Waals surface area contributed by atoms with Crippen LogP contribution in [0.5, 0.6) is 0 Å². The lowest BCUT2D eigenvalue weighted by Gasteiger charge is -2.47. The van der Waals surface area contributed by atoms with Gasteiger partial charge >= 0.3 is 0 Å². The zero-order valence-electron chi connectivity index (χ0n) is 21.7. The topological polar surface area (TPSA) is 132 Å². The van der Waals surface area contributed by atoms with Gasteiger partial charge in [0, 0.05) is 48.4 Å². The third kappa shape index (κ3) is 4.83. The molecule has 6 rings (SSSR count). The zero-order chi connectivity index (χ0) is 26.6. The molecule has 1 saturated heterocycles. The summed E-state index contributed by atoms with van der Waals surface area (Å²) in [7, 11) is -3.08. The van der Waals surface area contributed by atoms with Crippen molar-refractivity contribution in [2.24, 2.45) is 11.7 Å². The van der Waals surface area contributed by atoms with Gasteiger partial charge in [0.15, 0.2) is 5.82 Å². The molecule has 2 atom stereocenters. The number of nitrogens with one attached hydrogen (secondary N) is 1. The highest BCUT2D eigenvalue weighted by molar-refractivity contribution is 7.90. The lowest BCUT2D eigenvalue weighted by Crippen LogP contribution is -2.63. The first-order valence-electron chi connectivity index (χ1n) is 12.9. The lowest BCUT2D eigenvalue weighted by atomic mass is 9.92. The molecule has 11 heteroatoms. The molecule has 1 aromatic carbocycles. The molecule has 10 nitrogen and oxygen atoms in total. The predicted molar refractivity (Wildman–Crippen MR) is 149 cm³/mol. The van der Waals surface area contributed by atoms with Gasteiger partial charge in [0.2, 0.25) is 0 Å². The molecule has 1 saturated carbocycles. The van der Waals surface area contributed by atoms with Crippen LogP contribution in [0.1, 0.15) is 44.2 Å². The Morgan fingerprint density at radius 2 is 1.92 bits per heavy atom. The molecular weight excluding hydrogens is 500 g/mol. The SMILES string of the molecule is CC(C)c1ccc(N2C[C@H](CS(C)(=O)=O)[C@H]2N)c2cnc(Nc3ccnc(-c4cnn(C5CC5)c4)n3)cc12. The molecule has 2 aliphatic rings. The van der Waals surface area contributed by atoms with Crippen LogP contribution in [0.15, 0.2) is 49.1 Å². The quantitative estimate of drug-likeness (QED) is 0.347. The standard InChI is InChI=1S/C27H32N8O2S/c1-16(2)20-6-7-23(34-13-18(26(34)28)15-38(3,36)37)22-12-30-25(10-21(20)22)32-24-8-9-29-27(33-24)17-11-31-35(14-17)19-4-5-19/h6-12,14,16,18-19,26H,4-5,13,15,28H2,1-3H3,(H,29,30,32,33)/t18-,26+/m1/s1. The van der Waals surface area contributed by atoms with Gasteiger partial charge in [-0.25, -0.2) is 23.4 Å². The molecular formula is C27H32N8O2S. The molecule has 1 aliphatic carbocycles. The number of benzene rings is 1. The molecule has 4 aromatic rings. The number of sulfone groups is 1. The second-order valence-electron chi connectivity index (χ2n) is 10.8. The maximum atomic E-state index is 11.8. The molecule has 4 heterocycles. The summed E-state index contributed by atoms with van der Waals surface area (Å²) in [5.74, 6) is 2.26. The second kappa shape index (κ2) is 9.32. The molecule has 2 fully saturated rings. The van der Waals surface area contributed by atoms with Crippen molar-refractivity contribution in [2.45, 2.75) is 44.8 Å². The van der Waals surface area contributed by atoms with Crippen LogP contribution in [-0.4, -0.2) is 57.9 Å². The molecule has 198 valence electrons. The van der Waals surface area contributed by atoms with Crippen molar-refractivity contribution in [3.8, 4) is 11.4 Å². The average Bonchev–Trinajstić information content (AvgIpc) is 3.61. The summed E-state index contributed by atoms with van der Waals surface area (Å²) in [5.41, 5.74) is 9.48. The van der Waals surface area contributed by atoms with Crippen LogP contribution >= 0.6 is 0 Å². The highest BCUT2D eigenvalue weighted by atomic mass is 32.2. The number of fused-ring (bicyclic) bond motifs is 1. The average molecular weight is 533 g/mol. The van der Waals surface area contributed by atoms with Crippen LogP contribution in [-0.2, 0) is 9.84 Å². The Balaban J connectivity index is 1.29. The number of aromatic nitrogens is 5. The Hall–Kier alpha value is -3.57. The van der Waals surface area contributed by atoms with Gasteiger partial charge in [0.25, 0.3) is 0 Å². The molecule has 0 spiro atoms. The number of anilines is 3. The van der Waals surface area contributed by atoms with Crippen LogP contribution in [0.2, 0.25) is 0 Å². The van der Waals surface area contributed by atoms with Crippen molar-refractivity contribution >= 4 is 37.9 Å². The molecule has 1 aliphatic heterocycles. The molecule has 38 heavy (non-hydrogen) atoms. The molecule has 0 radical (unpaired) electrons. The summed E-state index contributed by atoms with van der Waals surface area (Å²) in [4.78, 5) is 15.9. The molecule has 0 bridgehead atoms. The first-order valence-corrected chi connectivity index (χ1v) is 15.0. The normalized spacial score (nSPS) is 19.7. The fourth-order valence-electron chi connectivity index (χ4n) is 5.16. The van der Waals surface area contributed by atoms with E-state index in [1.807, 2.05) is 35.4 Å². The third-order valence-electron chi connectivity index (χ3n) is 7.33. The van der Waals surface area contributed by atoms with Crippen LogP contribution in [0.25, 0.3) is 22.2 Å². The minimum absolute atomic E-state index is 0.0814. The van der Waals surface area contributed by atoms with E-state index in [1.54, 1.807) is 6.20 Å². The molecule has 0 amide bonds. The number of pyridine rings is 1. The third-order valence-corrected chi connectivity index (χ3v) is 8.36. The summed E-state index contributed by atoms with van der Waals surface area (Å²) in [6, 6.07) is 8.56. The maximum Gasteiger partial charge on any atom is 0.164 e. The second-order valence-corrected chi connectivity index (χ2v) is 13.0. The lowest BCUT2D eigenvalue weighted by molar-refractivity contribution is 0.328. The van der Waals surface area contributed by atoms with E-state index in [2.05, 4.69) is 46.3 Å². The fraction of sp³-hybridized carbons (Fsp3) is 0.407. The Bertz CT molecular complexity index is 1610. The van der Waals surface area contributed by atoms with Gasteiger partial charge in [0.1, 0.15) is 21.5 Å². The minimum atomic E-state index is -3.08. The first-order chi connectivity index (χ1) is 18.2. The summed E-state index contributed by atoms with van der Waals surface area (Å²) < 4.78 is 25.5. The van der Waals surface area contributed by atoms with Gasteiger partial charge in [-0.2, -0.15) is 5.10 Å². The number of nitrogens with zero attached hydrogens (tertiary/aromatic N) is 6. The van der Waals surface area contributed by atoms with E-state index in [0.29, 0.717) is 36.0 Å². The summed E-state index contributed by atoms with van der Waals surface area (Å²) in [6.07, 6.45) is 10.7. The number of hydrogen-bond acceptors (Lipinski definition) is 9. The van der Waals surface area contributed by atoms with Crippen LogP contribution in [0, 0.1) is 5.92 Å². The van der Waals surface area contributed by atoms with Gasteiger partial charge in [-0.15, -0.1) is 0 Å². The van der Waals surface area contributed by atoms with Crippen molar-refractivity contribution < 1.29 is 8.42 Å². The van der Waals surface area contributed by atoms with Gasteiger partial charge in [-0.1, -0.05) is 19.9 Å². The summed E-state index contributed by atoms with van der Waals surface area (Å²) >= 11 is 0. The Morgan fingerprint density at radius 1 is 1.11 bits per heavy atom. The monoisotopic (exact) mass is 532 g/mol. The van der Waals surface area contributed by atoms with Gasteiger partial charge in [-0.05, 0) is 47.9 Å². The molecule has 3 N–H and O–H groups in total. The molecule has 3 aromatic heterocycles. The van der Waals surface area contributed by atoms with E-state index in [9.17, 15) is 8.42 Å². The Morgan fingerprint density at radius 3 is 2.63 bits per heavy atom. The van der Waals surface area contributed by atoms with Gasteiger partial charge in [0.05, 0.1) is 29.7 Å². The van der Waals surface area contributed by atoms with Crippen molar-refractivity contribution in [3.63, 3.8) is 0 Å². The summed E-state index contributed by atoms with van der Waals surface area (Å²) in [5, 5.41) is 9.86. The highest BCUT2D eigenvalue weighted by Crippen LogP contribution is 2.39. The van der Waals surface area contributed by atoms with Crippen LogP contribution < -0.4 is 16.0 Å². The van der Waals surface area contributed by atoms with E-state index in [0.717, 1.165) is 22.0 Å². The predicted octanol–water partition coefficient (Wildman–Crippen LogP) is 3.86. The molecule has 0 unspecified atom stereocenters. The number of rotatable bonds is 8. The van der Waals surface area contributed by atoms with E-state index in [-0.39, 0.29) is 17.8 Å². The largest absolute Gasteiger partial charge is 0.355 e. The van der Waals surface area contributed by atoms with Crippen LogP contribution in [0.4, 0.5) is 17.3 Å². The smallest absolute Gasteiger partial charge is 0.164 e. The minimum Gasteiger partial charge on any atom is -0.355 e. The zero-order valence-corrected chi connectivity index (χ0v) is 22.6. The highest BCUT2D eigenvalue weighted by Gasteiger charge is 2.39. The van der Waals surface area contributed by atoms with E-state index in [4.69, 9.17) is 15.7 Å². The summed E-state index contributed by atoms with van der Waals surface area (Å²) in [6.45, 7) is 4.93. The van der Waals surface area contributed by atoms with Crippen molar-refractivity contribution in [2.75, 3.05) is 28.8 Å². The first kappa shape index (κ1) is 24.7. The Kier molecular flexibility index (Phi) is 6.07. The van der Waals surface area contributed by atoms with Crippen molar-refractivity contribution in [3.05, 3.63) is 54.6 Å². The number of nitrogens with two attached hydrogens (primary N) is 1. The Labute approximate surface area is 222 Å². The van der Waals surface area contributed by atoms with Gasteiger partial charge in [-0.3, -0.25) is 4.68 Å². The van der Waals surface area contributed by atoms with E-state index < -0.39 is 9.84 Å².